The van der Waals surface area contributed by atoms with Crippen molar-refractivity contribution < 1.29 is 13.5 Å². The third-order valence-corrected chi connectivity index (χ3v) is 2.67. The zero-order valence-corrected chi connectivity index (χ0v) is 9.54. The van der Waals surface area contributed by atoms with Gasteiger partial charge in [0.15, 0.2) is 11.6 Å². The SMILES string of the molecule is CCC(OC)C(N)Cc1cccc(F)c1F. The van der Waals surface area contributed by atoms with Crippen LogP contribution < -0.4 is 5.73 Å². The molecular weight excluding hydrogens is 212 g/mol. The van der Waals surface area contributed by atoms with E-state index in [0.717, 1.165) is 12.5 Å². The highest BCUT2D eigenvalue weighted by Gasteiger charge is 2.18. The van der Waals surface area contributed by atoms with Crippen molar-refractivity contribution in [2.75, 3.05) is 7.11 Å². The monoisotopic (exact) mass is 229 g/mol. The molecule has 0 aliphatic heterocycles. The van der Waals surface area contributed by atoms with Crippen molar-refractivity contribution >= 4 is 0 Å². The summed E-state index contributed by atoms with van der Waals surface area (Å²) < 4.78 is 31.5. The predicted molar refractivity (Wildman–Crippen MR) is 59.1 cm³/mol. The highest BCUT2D eigenvalue weighted by atomic mass is 19.2. The van der Waals surface area contributed by atoms with E-state index in [-0.39, 0.29) is 18.6 Å². The molecule has 0 amide bonds. The van der Waals surface area contributed by atoms with Gasteiger partial charge in [-0.1, -0.05) is 19.1 Å². The second kappa shape index (κ2) is 5.92. The standard InChI is InChI=1S/C12H17F2NO/c1-3-11(16-2)10(15)7-8-5-4-6-9(13)12(8)14/h4-6,10-11H,3,7,15H2,1-2H3. The zero-order valence-electron chi connectivity index (χ0n) is 9.54. The van der Waals surface area contributed by atoms with E-state index in [4.69, 9.17) is 10.5 Å². The van der Waals surface area contributed by atoms with E-state index in [1.807, 2.05) is 6.92 Å². The molecular formula is C12H17F2NO. The summed E-state index contributed by atoms with van der Waals surface area (Å²) in [4.78, 5) is 0. The second-order valence-corrected chi connectivity index (χ2v) is 3.76. The summed E-state index contributed by atoms with van der Waals surface area (Å²) in [6, 6.07) is 3.79. The van der Waals surface area contributed by atoms with E-state index in [1.165, 1.54) is 6.07 Å². The van der Waals surface area contributed by atoms with E-state index < -0.39 is 11.6 Å². The first-order valence-corrected chi connectivity index (χ1v) is 5.31. The molecule has 2 nitrogen and oxygen atoms in total. The predicted octanol–water partition coefficient (Wildman–Crippen LogP) is 2.26. The molecule has 0 saturated carbocycles. The molecule has 0 spiro atoms. The summed E-state index contributed by atoms with van der Waals surface area (Å²) in [5.41, 5.74) is 6.17. The molecule has 0 heterocycles. The van der Waals surface area contributed by atoms with Gasteiger partial charge in [-0.3, -0.25) is 0 Å². The van der Waals surface area contributed by atoms with Crippen LogP contribution in [-0.4, -0.2) is 19.3 Å². The number of methoxy groups -OCH3 is 1. The lowest BCUT2D eigenvalue weighted by Crippen LogP contribution is -2.37. The van der Waals surface area contributed by atoms with Crippen molar-refractivity contribution in [3.8, 4) is 0 Å². The third kappa shape index (κ3) is 3.00. The van der Waals surface area contributed by atoms with Crippen LogP contribution in [0.4, 0.5) is 8.78 Å². The van der Waals surface area contributed by atoms with Gasteiger partial charge in [0.05, 0.1) is 6.10 Å². The fourth-order valence-corrected chi connectivity index (χ4v) is 1.74. The second-order valence-electron chi connectivity index (χ2n) is 3.76. The van der Waals surface area contributed by atoms with Gasteiger partial charge in [-0.05, 0) is 24.5 Å². The number of benzene rings is 1. The Hall–Kier alpha value is -1.00. The summed E-state index contributed by atoms with van der Waals surface area (Å²) in [5.74, 6) is -1.65. The Kier molecular flexibility index (Phi) is 4.83. The van der Waals surface area contributed by atoms with Crippen LogP contribution in [0.3, 0.4) is 0 Å². The maximum absolute atomic E-state index is 13.4. The first kappa shape index (κ1) is 13.1. The normalized spacial score (nSPS) is 14.8. The number of nitrogens with two attached hydrogens (primary N) is 1. The molecule has 90 valence electrons. The molecule has 0 aliphatic rings. The van der Waals surface area contributed by atoms with Crippen LogP contribution in [0.15, 0.2) is 18.2 Å². The summed E-state index contributed by atoms with van der Waals surface area (Å²) in [6.07, 6.45) is 0.882. The van der Waals surface area contributed by atoms with Crippen molar-refractivity contribution in [1.29, 1.82) is 0 Å². The number of hydrogen-bond donors (Lipinski definition) is 1. The van der Waals surface area contributed by atoms with E-state index in [1.54, 1.807) is 13.2 Å². The molecule has 0 aromatic heterocycles. The average Bonchev–Trinajstić information content (AvgIpc) is 2.26. The molecule has 0 radical (unpaired) electrons. The molecule has 2 unspecified atom stereocenters. The van der Waals surface area contributed by atoms with E-state index in [9.17, 15) is 8.78 Å². The highest BCUT2D eigenvalue weighted by Crippen LogP contribution is 2.15. The van der Waals surface area contributed by atoms with Gasteiger partial charge in [-0.2, -0.15) is 0 Å². The Morgan fingerprint density at radius 1 is 1.38 bits per heavy atom. The first-order valence-electron chi connectivity index (χ1n) is 5.31. The molecule has 2 atom stereocenters. The fourth-order valence-electron chi connectivity index (χ4n) is 1.74. The van der Waals surface area contributed by atoms with Gasteiger partial charge in [-0.25, -0.2) is 8.78 Å². The lowest BCUT2D eigenvalue weighted by atomic mass is 10.00. The van der Waals surface area contributed by atoms with Crippen molar-refractivity contribution in [3.63, 3.8) is 0 Å². The number of hydrogen-bond acceptors (Lipinski definition) is 2. The summed E-state index contributed by atoms with van der Waals surface area (Å²) in [6.45, 7) is 1.94. The molecule has 0 saturated heterocycles. The molecule has 0 fully saturated rings. The van der Waals surface area contributed by atoms with Gasteiger partial charge in [0.2, 0.25) is 0 Å². The Labute approximate surface area is 94.4 Å². The van der Waals surface area contributed by atoms with Crippen LogP contribution in [0, 0.1) is 11.6 Å². The minimum Gasteiger partial charge on any atom is -0.380 e. The lowest BCUT2D eigenvalue weighted by Gasteiger charge is -2.21. The Morgan fingerprint density at radius 2 is 2.06 bits per heavy atom. The highest BCUT2D eigenvalue weighted by molar-refractivity contribution is 5.20. The largest absolute Gasteiger partial charge is 0.380 e. The number of ether oxygens (including phenoxy) is 1. The van der Waals surface area contributed by atoms with Gasteiger partial charge >= 0.3 is 0 Å². The molecule has 1 aromatic carbocycles. The topological polar surface area (TPSA) is 35.2 Å². The van der Waals surface area contributed by atoms with Gasteiger partial charge in [0.25, 0.3) is 0 Å². The number of rotatable bonds is 5. The van der Waals surface area contributed by atoms with Crippen LogP contribution in [-0.2, 0) is 11.2 Å². The first-order chi connectivity index (χ1) is 7.60. The van der Waals surface area contributed by atoms with Crippen LogP contribution in [0.25, 0.3) is 0 Å². The molecule has 0 bridgehead atoms. The van der Waals surface area contributed by atoms with Gasteiger partial charge in [0.1, 0.15) is 0 Å². The summed E-state index contributed by atoms with van der Waals surface area (Å²) in [7, 11) is 1.57. The van der Waals surface area contributed by atoms with Crippen molar-refractivity contribution in [3.05, 3.63) is 35.4 Å². The van der Waals surface area contributed by atoms with E-state index >= 15 is 0 Å². The number of halogens is 2. The van der Waals surface area contributed by atoms with Crippen molar-refractivity contribution in [2.24, 2.45) is 5.73 Å². The van der Waals surface area contributed by atoms with Gasteiger partial charge in [-0.15, -0.1) is 0 Å². The summed E-state index contributed by atoms with van der Waals surface area (Å²) >= 11 is 0. The minimum absolute atomic E-state index is 0.136. The lowest BCUT2D eigenvalue weighted by molar-refractivity contribution is 0.0770. The average molecular weight is 229 g/mol. The fraction of sp³-hybridized carbons (Fsp3) is 0.500. The van der Waals surface area contributed by atoms with E-state index in [0.29, 0.717) is 5.56 Å². The maximum Gasteiger partial charge on any atom is 0.162 e. The van der Waals surface area contributed by atoms with Crippen LogP contribution >= 0.6 is 0 Å². The zero-order chi connectivity index (χ0) is 12.1. The van der Waals surface area contributed by atoms with Gasteiger partial charge in [0, 0.05) is 13.2 Å². The minimum atomic E-state index is -0.838. The molecule has 16 heavy (non-hydrogen) atoms. The van der Waals surface area contributed by atoms with Crippen LogP contribution in [0.2, 0.25) is 0 Å². The van der Waals surface area contributed by atoms with Crippen molar-refractivity contribution in [2.45, 2.75) is 31.9 Å². The Balaban J connectivity index is 2.76. The molecule has 2 N–H and O–H groups in total. The van der Waals surface area contributed by atoms with Gasteiger partial charge < -0.3 is 10.5 Å². The molecule has 1 rings (SSSR count). The van der Waals surface area contributed by atoms with Crippen molar-refractivity contribution in [1.82, 2.24) is 0 Å². The molecule has 1 aromatic rings. The van der Waals surface area contributed by atoms with Crippen LogP contribution in [0.5, 0.6) is 0 Å². The quantitative estimate of drug-likeness (QED) is 0.840. The molecule has 4 heteroatoms. The summed E-state index contributed by atoms with van der Waals surface area (Å²) in [5, 5.41) is 0. The maximum atomic E-state index is 13.4. The third-order valence-electron chi connectivity index (χ3n) is 2.67. The Bertz CT molecular complexity index is 340. The molecule has 0 aliphatic carbocycles. The van der Waals surface area contributed by atoms with Crippen LogP contribution in [0.1, 0.15) is 18.9 Å². The smallest absolute Gasteiger partial charge is 0.162 e. The van der Waals surface area contributed by atoms with E-state index in [2.05, 4.69) is 0 Å². The Morgan fingerprint density at radius 3 is 2.62 bits per heavy atom.